The molecular formula is C21H15Cl4NO3. The van der Waals surface area contributed by atoms with Crippen molar-refractivity contribution in [3.8, 4) is 11.5 Å². The fourth-order valence-electron chi connectivity index (χ4n) is 2.52. The number of halogens is 4. The van der Waals surface area contributed by atoms with Crippen molar-refractivity contribution >= 4 is 52.3 Å². The Morgan fingerprint density at radius 3 is 2.24 bits per heavy atom. The Balaban J connectivity index is 1.60. The maximum Gasteiger partial charge on any atom is 0.251 e. The first kappa shape index (κ1) is 21.6. The molecule has 0 fully saturated rings. The van der Waals surface area contributed by atoms with Gasteiger partial charge in [-0.25, -0.2) is 0 Å². The smallest absolute Gasteiger partial charge is 0.251 e. The van der Waals surface area contributed by atoms with E-state index in [-0.39, 0.29) is 38.8 Å². The standard InChI is InChI=1S/C21H15Cl4NO3/c22-14-5-7-15(8-6-14)29-11-12-1-3-13(4-2-12)21(28)26-10-16-19(25)17(23)9-18(24)20(16)27/h1-9,27H,10-11H2,(H,26,28). The minimum absolute atomic E-state index is 0.0226. The van der Waals surface area contributed by atoms with Crippen LogP contribution in [0, 0.1) is 0 Å². The number of carbonyl (C=O) groups is 1. The molecule has 0 aromatic heterocycles. The third-order valence-electron chi connectivity index (χ3n) is 4.10. The van der Waals surface area contributed by atoms with Crippen molar-refractivity contribution in [2.24, 2.45) is 0 Å². The van der Waals surface area contributed by atoms with Gasteiger partial charge in [-0.15, -0.1) is 0 Å². The monoisotopic (exact) mass is 469 g/mol. The number of hydrogen-bond donors (Lipinski definition) is 2. The van der Waals surface area contributed by atoms with Crippen LogP contribution in [0.5, 0.6) is 11.5 Å². The number of phenols is 1. The number of aromatic hydroxyl groups is 1. The normalized spacial score (nSPS) is 10.6. The first-order valence-corrected chi connectivity index (χ1v) is 9.97. The van der Waals surface area contributed by atoms with Gasteiger partial charge in [0.25, 0.3) is 5.91 Å². The Hall–Kier alpha value is -2.11. The molecule has 2 N–H and O–H groups in total. The van der Waals surface area contributed by atoms with Gasteiger partial charge in [-0.1, -0.05) is 58.5 Å². The molecule has 0 atom stereocenters. The summed E-state index contributed by atoms with van der Waals surface area (Å²) >= 11 is 23.8. The topological polar surface area (TPSA) is 58.6 Å². The first-order chi connectivity index (χ1) is 13.8. The summed E-state index contributed by atoms with van der Waals surface area (Å²) in [5.41, 5.74) is 1.60. The number of ether oxygens (including phenoxy) is 1. The summed E-state index contributed by atoms with van der Waals surface area (Å²) in [4.78, 5) is 12.4. The number of amides is 1. The van der Waals surface area contributed by atoms with E-state index in [0.29, 0.717) is 22.9 Å². The van der Waals surface area contributed by atoms with Gasteiger partial charge in [-0.2, -0.15) is 0 Å². The van der Waals surface area contributed by atoms with E-state index in [2.05, 4.69) is 5.32 Å². The predicted octanol–water partition coefficient (Wildman–Crippen LogP) is 6.51. The minimum atomic E-state index is -0.332. The third kappa shape index (κ3) is 5.49. The van der Waals surface area contributed by atoms with Crippen LogP contribution < -0.4 is 10.1 Å². The van der Waals surface area contributed by atoms with Crippen LogP contribution in [0.25, 0.3) is 0 Å². The lowest BCUT2D eigenvalue weighted by Crippen LogP contribution is -2.23. The molecule has 0 saturated carbocycles. The van der Waals surface area contributed by atoms with Crippen molar-refractivity contribution in [1.82, 2.24) is 5.32 Å². The SMILES string of the molecule is O=C(NCc1c(O)c(Cl)cc(Cl)c1Cl)c1ccc(COc2ccc(Cl)cc2)cc1. The molecule has 8 heteroatoms. The Morgan fingerprint density at radius 2 is 1.59 bits per heavy atom. The largest absolute Gasteiger partial charge is 0.506 e. The van der Waals surface area contributed by atoms with Crippen LogP contribution in [-0.4, -0.2) is 11.0 Å². The van der Waals surface area contributed by atoms with E-state index in [9.17, 15) is 9.90 Å². The zero-order valence-electron chi connectivity index (χ0n) is 14.9. The average molecular weight is 471 g/mol. The van der Waals surface area contributed by atoms with Crippen molar-refractivity contribution in [2.45, 2.75) is 13.2 Å². The van der Waals surface area contributed by atoms with Crippen LogP contribution in [0.1, 0.15) is 21.5 Å². The molecular weight excluding hydrogens is 456 g/mol. The highest BCUT2D eigenvalue weighted by atomic mass is 35.5. The predicted molar refractivity (Wildman–Crippen MR) is 117 cm³/mol. The fraction of sp³-hybridized carbons (Fsp3) is 0.0952. The van der Waals surface area contributed by atoms with E-state index in [1.807, 2.05) is 0 Å². The van der Waals surface area contributed by atoms with Crippen LogP contribution in [0.2, 0.25) is 20.1 Å². The van der Waals surface area contributed by atoms with Gasteiger partial charge < -0.3 is 15.2 Å². The molecule has 29 heavy (non-hydrogen) atoms. The van der Waals surface area contributed by atoms with Gasteiger partial charge in [0.2, 0.25) is 0 Å². The van der Waals surface area contributed by atoms with E-state index >= 15 is 0 Å². The molecule has 4 nitrogen and oxygen atoms in total. The van der Waals surface area contributed by atoms with Gasteiger partial charge in [0.05, 0.1) is 15.1 Å². The van der Waals surface area contributed by atoms with Crippen molar-refractivity contribution in [2.75, 3.05) is 0 Å². The maximum absolute atomic E-state index is 12.4. The Bertz CT molecular complexity index is 995. The molecule has 3 aromatic rings. The zero-order chi connectivity index (χ0) is 21.0. The maximum atomic E-state index is 12.4. The van der Waals surface area contributed by atoms with Gasteiger partial charge >= 0.3 is 0 Å². The molecule has 0 aliphatic heterocycles. The first-order valence-electron chi connectivity index (χ1n) is 8.46. The van der Waals surface area contributed by atoms with Crippen molar-refractivity contribution in [1.29, 1.82) is 0 Å². The number of rotatable bonds is 6. The molecule has 0 aliphatic carbocycles. The molecule has 150 valence electrons. The van der Waals surface area contributed by atoms with Crippen LogP contribution in [0.15, 0.2) is 54.6 Å². The molecule has 0 aliphatic rings. The Labute approximate surface area is 187 Å². The Kier molecular flexibility index (Phi) is 7.14. The highest BCUT2D eigenvalue weighted by Gasteiger charge is 2.16. The summed E-state index contributed by atoms with van der Waals surface area (Å²) in [5, 5.41) is 13.8. The summed E-state index contributed by atoms with van der Waals surface area (Å²) in [6.07, 6.45) is 0. The number of carbonyl (C=O) groups excluding carboxylic acids is 1. The molecule has 3 aromatic carbocycles. The highest BCUT2D eigenvalue weighted by Crippen LogP contribution is 2.38. The van der Waals surface area contributed by atoms with E-state index in [1.165, 1.54) is 6.07 Å². The fourth-order valence-corrected chi connectivity index (χ4v) is 3.36. The number of phenolic OH excluding ortho intramolecular Hbond substituents is 1. The van der Waals surface area contributed by atoms with Gasteiger partial charge in [-0.05, 0) is 48.0 Å². The molecule has 3 rings (SSSR count). The summed E-state index contributed by atoms with van der Waals surface area (Å²) in [7, 11) is 0. The van der Waals surface area contributed by atoms with E-state index in [0.717, 1.165) is 5.56 Å². The lowest BCUT2D eigenvalue weighted by atomic mass is 10.1. The second-order valence-electron chi connectivity index (χ2n) is 6.10. The van der Waals surface area contributed by atoms with Crippen LogP contribution >= 0.6 is 46.4 Å². The summed E-state index contributed by atoms with van der Waals surface area (Å²) in [6.45, 7) is 0.333. The lowest BCUT2D eigenvalue weighted by molar-refractivity contribution is 0.0950. The number of hydrogen-bond acceptors (Lipinski definition) is 3. The van der Waals surface area contributed by atoms with Crippen molar-refractivity contribution < 1.29 is 14.6 Å². The van der Waals surface area contributed by atoms with Gasteiger partial charge in [0.15, 0.2) is 0 Å². The number of nitrogens with one attached hydrogen (secondary N) is 1. The van der Waals surface area contributed by atoms with Crippen LogP contribution in [0.4, 0.5) is 0 Å². The lowest BCUT2D eigenvalue weighted by Gasteiger charge is -2.12. The molecule has 0 unspecified atom stereocenters. The zero-order valence-corrected chi connectivity index (χ0v) is 17.9. The molecule has 0 radical (unpaired) electrons. The van der Waals surface area contributed by atoms with Gasteiger partial charge in [-0.3, -0.25) is 4.79 Å². The summed E-state index contributed by atoms with van der Waals surface area (Å²) in [6, 6.07) is 15.4. The van der Waals surface area contributed by atoms with Gasteiger partial charge in [0, 0.05) is 22.7 Å². The molecule has 0 heterocycles. The van der Waals surface area contributed by atoms with Crippen molar-refractivity contribution in [3.05, 3.63) is 91.4 Å². The minimum Gasteiger partial charge on any atom is -0.506 e. The quantitative estimate of drug-likeness (QED) is 0.403. The molecule has 1 amide bonds. The van der Waals surface area contributed by atoms with E-state index in [1.54, 1.807) is 48.5 Å². The van der Waals surface area contributed by atoms with E-state index in [4.69, 9.17) is 51.1 Å². The van der Waals surface area contributed by atoms with Gasteiger partial charge in [0.1, 0.15) is 18.1 Å². The summed E-state index contributed by atoms with van der Waals surface area (Å²) < 4.78 is 5.67. The van der Waals surface area contributed by atoms with Crippen molar-refractivity contribution in [3.63, 3.8) is 0 Å². The van der Waals surface area contributed by atoms with E-state index < -0.39 is 0 Å². The molecule has 0 bridgehead atoms. The number of benzene rings is 3. The molecule has 0 saturated heterocycles. The van der Waals surface area contributed by atoms with Crippen LogP contribution in [-0.2, 0) is 13.2 Å². The molecule has 0 spiro atoms. The highest BCUT2D eigenvalue weighted by molar-refractivity contribution is 6.44. The summed E-state index contributed by atoms with van der Waals surface area (Å²) in [5.74, 6) is 0.158. The second-order valence-corrected chi connectivity index (χ2v) is 7.73. The van der Waals surface area contributed by atoms with Crippen LogP contribution in [0.3, 0.4) is 0 Å². The average Bonchev–Trinajstić information content (AvgIpc) is 2.72. The third-order valence-corrected chi connectivity index (χ3v) is 5.47. The Morgan fingerprint density at radius 1 is 0.931 bits per heavy atom. The second kappa shape index (κ2) is 9.59.